The highest BCUT2D eigenvalue weighted by molar-refractivity contribution is 6.05. The Morgan fingerprint density at radius 3 is 2.32 bits per heavy atom. The lowest BCUT2D eigenvalue weighted by Gasteiger charge is -2.22. The maximum absolute atomic E-state index is 12.4. The third-order valence-corrected chi connectivity index (χ3v) is 4.50. The van der Waals surface area contributed by atoms with Crippen molar-refractivity contribution in [1.82, 2.24) is 5.32 Å². The summed E-state index contributed by atoms with van der Waals surface area (Å²) in [4.78, 5) is 24.7. The van der Waals surface area contributed by atoms with Crippen molar-refractivity contribution in [2.45, 2.75) is 38.1 Å². The highest BCUT2D eigenvalue weighted by Gasteiger charge is 2.17. The van der Waals surface area contributed by atoms with Crippen LogP contribution in [0.5, 0.6) is 0 Å². The van der Waals surface area contributed by atoms with Crippen LogP contribution < -0.4 is 16.4 Å². The molecule has 130 valence electrons. The maximum Gasteiger partial charge on any atom is 0.255 e. The molecule has 3 rings (SSSR count). The number of benzene rings is 2. The van der Waals surface area contributed by atoms with Crippen LogP contribution in [0.15, 0.2) is 48.5 Å². The van der Waals surface area contributed by atoms with Crippen LogP contribution in [0.1, 0.15) is 52.8 Å². The molecule has 0 heterocycles. The summed E-state index contributed by atoms with van der Waals surface area (Å²) in [5.41, 5.74) is 7.91. The van der Waals surface area contributed by atoms with Gasteiger partial charge in [0.1, 0.15) is 0 Å². The summed E-state index contributed by atoms with van der Waals surface area (Å²) in [6.07, 6.45) is 5.67. The first-order chi connectivity index (χ1) is 12.1. The molecule has 0 bridgehead atoms. The lowest BCUT2D eigenvalue weighted by Crippen LogP contribution is -2.36. The van der Waals surface area contributed by atoms with E-state index in [1.165, 1.54) is 19.3 Å². The number of amides is 2. The van der Waals surface area contributed by atoms with Gasteiger partial charge in [-0.15, -0.1) is 0 Å². The fourth-order valence-corrected chi connectivity index (χ4v) is 3.09. The molecule has 2 aromatic rings. The zero-order chi connectivity index (χ0) is 17.6. The zero-order valence-electron chi connectivity index (χ0n) is 14.1. The maximum atomic E-state index is 12.4. The molecule has 25 heavy (non-hydrogen) atoms. The molecule has 0 aliphatic heterocycles. The average Bonchev–Trinajstić information content (AvgIpc) is 2.63. The predicted octanol–water partition coefficient (Wildman–Crippen LogP) is 3.58. The lowest BCUT2D eigenvalue weighted by molar-refractivity contribution is 0.0926. The van der Waals surface area contributed by atoms with E-state index in [1.807, 2.05) is 0 Å². The number of carbonyl (C=O) groups is 2. The Labute approximate surface area is 147 Å². The fraction of sp³-hybridized carbons (Fsp3) is 0.300. The number of carbonyl (C=O) groups excluding carboxylic acids is 2. The van der Waals surface area contributed by atoms with E-state index in [-0.39, 0.29) is 17.9 Å². The fourth-order valence-electron chi connectivity index (χ4n) is 3.09. The van der Waals surface area contributed by atoms with E-state index in [0.717, 1.165) is 12.8 Å². The highest BCUT2D eigenvalue weighted by Crippen LogP contribution is 2.19. The van der Waals surface area contributed by atoms with Crippen molar-refractivity contribution < 1.29 is 9.59 Å². The Bertz CT molecular complexity index is 750. The minimum absolute atomic E-state index is 0.0875. The SMILES string of the molecule is Nc1ccc(C(=O)Nc2cccc(C(=O)NC3CCCCC3)c2)cc1. The van der Waals surface area contributed by atoms with Gasteiger partial charge in [-0.2, -0.15) is 0 Å². The van der Waals surface area contributed by atoms with Gasteiger partial charge < -0.3 is 16.4 Å². The van der Waals surface area contributed by atoms with Crippen LogP contribution in [0.4, 0.5) is 11.4 Å². The van der Waals surface area contributed by atoms with Gasteiger partial charge in [-0.25, -0.2) is 0 Å². The van der Waals surface area contributed by atoms with E-state index in [1.54, 1.807) is 48.5 Å². The molecule has 2 amide bonds. The summed E-state index contributed by atoms with van der Waals surface area (Å²) in [6.45, 7) is 0. The molecule has 0 spiro atoms. The van der Waals surface area contributed by atoms with Crippen molar-refractivity contribution in [2.75, 3.05) is 11.1 Å². The van der Waals surface area contributed by atoms with Crippen LogP contribution in [0.3, 0.4) is 0 Å². The normalized spacial score (nSPS) is 14.7. The van der Waals surface area contributed by atoms with E-state index in [4.69, 9.17) is 5.73 Å². The second-order valence-electron chi connectivity index (χ2n) is 6.47. The monoisotopic (exact) mass is 337 g/mol. The Morgan fingerprint density at radius 2 is 1.60 bits per heavy atom. The number of hydrogen-bond acceptors (Lipinski definition) is 3. The third kappa shape index (κ3) is 4.59. The first-order valence-electron chi connectivity index (χ1n) is 8.69. The Balaban J connectivity index is 1.65. The van der Waals surface area contributed by atoms with Gasteiger partial charge in [0, 0.05) is 28.5 Å². The Morgan fingerprint density at radius 1 is 0.880 bits per heavy atom. The molecule has 1 aliphatic carbocycles. The Hall–Kier alpha value is -2.82. The molecule has 5 heteroatoms. The largest absolute Gasteiger partial charge is 0.399 e. The number of hydrogen-bond donors (Lipinski definition) is 3. The number of nitrogens with one attached hydrogen (secondary N) is 2. The molecule has 1 aliphatic rings. The average molecular weight is 337 g/mol. The van der Waals surface area contributed by atoms with Crippen LogP contribution in [0, 0.1) is 0 Å². The standard InChI is InChI=1S/C20H23N3O2/c21-16-11-9-14(10-12-16)19(24)23-18-8-4-5-15(13-18)20(25)22-17-6-2-1-3-7-17/h4-5,8-13,17H,1-3,6-7,21H2,(H,22,25)(H,23,24). The van der Waals surface area contributed by atoms with Crippen molar-refractivity contribution in [1.29, 1.82) is 0 Å². The zero-order valence-corrected chi connectivity index (χ0v) is 14.1. The summed E-state index contributed by atoms with van der Waals surface area (Å²) in [5, 5.41) is 5.90. The number of rotatable bonds is 4. The van der Waals surface area contributed by atoms with Crippen LogP contribution in [-0.4, -0.2) is 17.9 Å². The Kier molecular flexibility index (Phi) is 5.33. The third-order valence-electron chi connectivity index (χ3n) is 4.50. The summed E-state index contributed by atoms with van der Waals surface area (Å²) in [5.74, 6) is -0.319. The van der Waals surface area contributed by atoms with Crippen LogP contribution in [-0.2, 0) is 0 Å². The minimum Gasteiger partial charge on any atom is -0.399 e. The predicted molar refractivity (Wildman–Crippen MR) is 99.6 cm³/mol. The van der Waals surface area contributed by atoms with E-state index < -0.39 is 0 Å². The molecule has 2 aromatic carbocycles. The van der Waals surface area contributed by atoms with Crippen molar-refractivity contribution >= 4 is 23.2 Å². The van der Waals surface area contributed by atoms with E-state index in [9.17, 15) is 9.59 Å². The highest BCUT2D eigenvalue weighted by atomic mass is 16.2. The van der Waals surface area contributed by atoms with Gasteiger partial charge in [0.2, 0.25) is 0 Å². The summed E-state index contributed by atoms with van der Waals surface area (Å²) >= 11 is 0. The summed E-state index contributed by atoms with van der Waals surface area (Å²) < 4.78 is 0. The molecule has 0 unspecified atom stereocenters. The van der Waals surface area contributed by atoms with Crippen LogP contribution >= 0.6 is 0 Å². The van der Waals surface area contributed by atoms with Crippen molar-refractivity contribution in [3.05, 3.63) is 59.7 Å². The van der Waals surface area contributed by atoms with Crippen molar-refractivity contribution in [3.8, 4) is 0 Å². The molecular formula is C20H23N3O2. The van der Waals surface area contributed by atoms with Crippen LogP contribution in [0.2, 0.25) is 0 Å². The quantitative estimate of drug-likeness (QED) is 0.746. The van der Waals surface area contributed by atoms with Gasteiger partial charge in [0.15, 0.2) is 0 Å². The molecular weight excluding hydrogens is 314 g/mol. The lowest BCUT2D eigenvalue weighted by atomic mass is 9.95. The van der Waals surface area contributed by atoms with Gasteiger partial charge >= 0.3 is 0 Å². The van der Waals surface area contributed by atoms with E-state index in [0.29, 0.717) is 22.5 Å². The molecule has 0 radical (unpaired) electrons. The van der Waals surface area contributed by atoms with Gasteiger partial charge in [-0.1, -0.05) is 25.3 Å². The smallest absolute Gasteiger partial charge is 0.255 e. The molecule has 5 nitrogen and oxygen atoms in total. The van der Waals surface area contributed by atoms with Gasteiger partial charge in [0.05, 0.1) is 0 Å². The van der Waals surface area contributed by atoms with Gasteiger partial charge in [0.25, 0.3) is 11.8 Å². The first kappa shape index (κ1) is 17.0. The first-order valence-corrected chi connectivity index (χ1v) is 8.69. The molecule has 0 aromatic heterocycles. The topological polar surface area (TPSA) is 84.2 Å². The number of nitrogen functional groups attached to an aromatic ring is 1. The molecule has 1 saturated carbocycles. The number of nitrogens with two attached hydrogens (primary N) is 1. The molecule has 0 saturated heterocycles. The molecule has 4 N–H and O–H groups in total. The van der Waals surface area contributed by atoms with Gasteiger partial charge in [-0.05, 0) is 55.3 Å². The molecule has 1 fully saturated rings. The van der Waals surface area contributed by atoms with E-state index >= 15 is 0 Å². The van der Waals surface area contributed by atoms with E-state index in [2.05, 4.69) is 10.6 Å². The van der Waals surface area contributed by atoms with Crippen molar-refractivity contribution in [3.63, 3.8) is 0 Å². The van der Waals surface area contributed by atoms with Gasteiger partial charge in [-0.3, -0.25) is 9.59 Å². The summed E-state index contributed by atoms with van der Waals surface area (Å²) in [6, 6.07) is 14.0. The summed E-state index contributed by atoms with van der Waals surface area (Å²) in [7, 11) is 0. The minimum atomic E-state index is -0.232. The second-order valence-corrected chi connectivity index (χ2v) is 6.47. The number of anilines is 2. The second kappa shape index (κ2) is 7.83. The van der Waals surface area contributed by atoms with Crippen molar-refractivity contribution in [2.24, 2.45) is 0 Å². The van der Waals surface area contributed by atoms with Crippen LogP contribution in [0.25, 0.3) is 0 Å². The molecule has 0 atom stereocenters.